The van der Waals surface area contributed by atoms with Gasteiger partial charge in [0.1, 0.15) is 10.6 Å². The second kappa shape index (κ2) is 4.09. The number of esters is 1. The van der Waals surface area contributed by atoms with E-state index in [1.807, 2.05) is 0 Å². The van der Waals surface area contributed by atoms with E-state index in [9.17, 15) is 9.18 Å². The first-order valence-electron chi connectivity index (χ1n) is 4.52. The maximum absolute atomic E-state index is 13.8. The van der Waals surface area contributed by atoms with E-state index in [1.54, 1.807) is 18.2 Å². The molecule has 0 spiro atoms. The molecule has 1 aromatic carbocycles. The zero-order valence-electron chi connectivity index (χ0n) is 8.74. The van der Waals surface area contributed by atoms with Gasteiger partial charge < -0.3 is 9.47 Å². The number of carbonyl (C=O) groups is 1. The summed E-state index contributed by atoms with van der Waals surface area (Å²) < 4.78 is 24.1. The molecule has 0 saturated heterocycles. The molecule has 0 unspecified atom stereocenters. The second-order valence-electron chi connectivity index (χ2n) is 3.07. The van der Waals surface area contributed by atoms with Crippen molar-refractivity contribution in [2.75, 3.05) is 14.2 Å². The minimum Gasteiger partial charge on any atom is -0.495 e. The summed E-state index contributed by atoms with van der Waals surface area (Å²) in [5.41, 5.74) is 0. The summed E-state index contributed by atoms with van der Waals surface area (Å²) in [7, 11) is 2.73. The molecule has 0 amide bonds. The minimum absolute atomic E-state index is 0.0259. The van der Waals surface area contributed by atoms with Gasteiger partial charge in [-0.15, -0.1) is 11.3 Å². The second-order valence-corrected chi connectivity index (χ2v) is 4.09. The van der Waals surface area contributed by atoms with Gasteiger partial charge in [0, 0.05) is 5.39 Å². The number of methoxy groups -OCH3 is 2. The van der Waals surface area contributed by atoms with Crippen molar-refractivity contribution in [2.45, 2.75) is 0 Å². The summed E-state index contributed by atoms with van der Waals surface area (Å²) in [6.45, 7) is 0. The highest BCUT2D eigenvalue weighted by molar-refractivity contribution is 7.21. The molecule has 0 radical (unpaired) electrons. The van der Waals surface area contributed by atoms with Gasteiger partial charge in [0.2, 0.25) is 0 Å². The molecule has 1 heterocycles. The molecule has 2 aromatic rings. The standard InChI is InChI=1S/C11H9FO3S/c1-14-7-5-3-4-6-8(12)10(11(13)15-2)16-9(6)7/h3-5H,1-2H3. The number of rotatable bonds is 2. The van der Waals surface area contributed by atoms with E-state index in [0.717, 1.165) is 11.3 Å². The van der Waals surface area contributed by atoms with Gasteiger partial charge >= 0.3 is 5.97 Å². The molecule has 2 rings (SSSR count). The smallest absolute Gasteiger partial charge is 0.351 e. The third kappa shape index (κ3) is 1.53. The molecule has 1 aromatic heterocycles. The van der Waals surface area contributed by atoms with Gasteiger partial charge in [-0.1, -0.05) is 12.1 Å². The molecule has 0 aliphatic carbocycles. The molecule has 0 bridgehead atoms. The summed E-state index contributed by atoms with van der Waals surface area (Å²) >= 11 is 1.03. The average molecular weight is 240 g/mol. The van der Waals surface area contributed by atoms with Crippen molar-refractivity contribution in [1.82, 2.24) is 0 Å². The molecule has 0 fully saturated rings. The summed E-state index contributed by atoms with van der Waals surface area (Å²) in [5.74, 6) is -0.664. The van der Waals surface area contributed by atoms with Crippen LogP contribution in [0.3, 0.4) is 0 Å². The fourth-order valence-electron chi connectivity index (χ4n) is 1.45. The van der Waals surface area contributed by atoms with Gasteiger partial charge in [-0.3, -0.25) is 0 Å². The number of carbonyl (C=O) groups excluding carboxylic acids is 1. The van der Waals surface area contributed by atoms with Crippen molar-refractivity contribution in [2.24, 2.45) is 0 Å². The lowest BCUT2D eigenvalue weighted by Crippen LogP contribution is -1.99. The monoisotopic (exact) mass is 240 g/mol. The number of benzene rings is 1. The lowest BCUT2D eigenvalue weighted by Gasteiger charge is -1.98. The Morgan fingerprint density at radius 2 is 2.12 bits per heavy atom. The SMILES string of the molecule is COC(=O)c1sc2c(OC)cccc2c1F. The van der Waals surface area contributed by atoms with Crippen LogP contribution in [0.25, 0.3) is 10.1 Å². The minimum atomic E-state index is -0.666. The molecule has 0 N–H and O–H groups in total. The largest absolute Gasteiger partial charge is 0.495 e. The third-order valence-corrected chi connectivity index (χ3v) is 3.38. The van der Waals surface area contributed by atoms with Crippen LogP contribution in [0.2, 0.25) is 0 Å². The van der Waals surface area contributed by atoms with Gasteiger partial charge in [0.05, 0.1) is 18.9 Å². The van der Waals surface area contributed by atoms with Crippen LogP contribution in [-0.2, 0) is 4.74 Å². The molecule has 3 nitrogen and oxygen atoms in total. The maximum Gasteiger partial charge on any atom is 0.351 e. The lowest BCUT2D eigenvalue weighted by atomic mass is 10.2. The topological polar surface area (TPSA) is 35.5 Å². The van der Waals surface area contributed by atoms with E-state index in [4.69, 9.17) is 4.74 Å². The number of hydrogen-bond donors (Lipinski definition) is 0. The Balaban J connectivity index is 2.72. The Kier molecular flexibility index (Phi) is 2.78. The highest BCUT2D eigenvalue weighted by Crippen LogP contribution is 2.36. The average Bonchev–Trinajstić information content (AvgIpc) is 2.66. The van der Waals surface area contributed by atoms with Crippen LogP contribution in [0.4, 0.5) is 4.39 Å². The molecule has 5 heteroatoms. The number of fused-ring (bicyclic) bond motifs is 1. The predicted octanol–water partition coefficient (Wildman–Crippen LogP) is 2.84. The highest BCUT2D eigenvalue weighted by atomic mass is 32.1. The Labute approximate surface area is 95.4 Å². The van der Waals surface area contributed by atoms with Crippen LogP contribution in [0, 0.1) is 5.82 Å². The van der Waals surface area contributed by atoms with Crippen molar-refractivity contribution in [3.05, 3.63) is 28.9 Å². The van der Waals surface area contributed by atoms with Crippen LogP contribution in [0.1, 0.15) is 9.67 Å². The van der Waals surface area contributed by atoms with Gasteiger partial charge in [-0.25, -0.2) is 9.18 Å². The molecule has 0 saturated carbocycles. The Morgan fingerprint density at radius 1 is 1.38 bits per heavy atom. The Morgan fingerprint density at radius 3 is 2.75 bits per heavy atom. The number of ether oxygens (including phenoxy) is 2. The summed E-state index contributed by atoms with van der Waals surface area (Å²) in [4.78, 5) is 11.3. The number of hydrogen-bond acceptors (Lipinski definition) is 4. The molecule has 16 heavy (non-hydrogen) atoms. The summed E-state index contributed by atoms with van der Waals surface area (Å²) in [6, 6.07) is 5.01. The summed E-state index contributed by atoms with van der Waals surface area (Å²) in [6.07, 6.45) is 0. The molecule has 84 valence electrons. The zero-order valence-corrected chi connectivity index (χ0v) is 9.56. The molecular weight excluding hydrogens is 231 g/mol. The third-order valence-electron chi connectivity index (χ3n) is 2.21. The molecule has 0 aliphatic heterocycles. The zero-order chi connectivity index (χ0) is 11.7. The van der Waals surface area contributed by atoms with Gasteiger partial charge in [-0.2, -0.15) is 0 Å². The van der Waals surface area contributed by atoms with E-state index < -0.39 is 11.8 Å². The van der Waals surface area contributed by atoms with Crippen molar-refractivity contribution in [1.29, 1.82) is 0 Å². The van der Waals surface area contributed by atoms with Crippen molar-refractivity contribution >= 4 is 27.4 Å². The van der Waals surface area contributed by atoms with Crippen molar-refractivity contribution < 1.29 is 18.7 Å². The van der Waals surface area contributed by atoms with Crippen LogP contribution >= 0.6 is 11.3 Å². The first-order chi connectivity index (χ1) is 7.69. The van der Waals surface area contributed by atoms with E-state index in [0.29, 0.717) is 15.8 Å². The van der Waals surface area contributed by atoms with Crippen LogP contribution < -0.4 is 4.74 Å². The van der Waals surface area contributed by atoms with Crippen molar-refractivity contribution in [3.8, 4) is 5.75 Å². The van der Waals surface area contributed by atoms with Crippen LogP contribution in [0.5, 0.6) is 5.75 Å². The first kappa shape index (κ1) is 10.9. The fraction of sp³-hybridized carbons (Fsp3) is 0.182. The van der Waals surface area contributed by atoms with E-state index in [2.05, 4.69) is 4.74 Å². The maximum atomic E-state index is 13.8. The van der Waals surface area contributed by atoms with E-state index >= 15 is 0 Å². The molecular formula is C11H9FO3S. The first-order valence-corrected chi connectivity index (χ1v) is 5.34. The molecule has 0 aliphatic rings. The van der Waals surface area contributed by atoms with E-state index in [1.165, 1.54) is 14.2 Å². The van der Waals surface area contributed by atoms with Crippen molar-refractivity contribution in [3.63, 3.8) is 0 Å². The lowest BCUT2D eigenvalue weighted by molar-refractivity contribution is 0.0602. The number of thiophene rings is 1. The highest BCUT2D eigenvalue weighted by Gasteiger charge is 2.20. The number of halogens is 1. The Bertz CT molecular complexity index is 547. The van der Waals surface area contributed by atoms with Gasteiger partial charge in [0.15, 0.2) is 5.82 Å². The normalized spacial score (nSPS) is 10.4. The van der Waals surface area contributed by atoms with Gasteiger partial charge in [-0.05, 0) is 6.07 Å². The van der Waals surface area contributed by atoms with E-state index in [-0.39, 0.29) is 4.88 Å². The predicted molar refractivity (Wildman–Crippen MR) is 59.7 cm³/mol. The Hall–Kier alpha value is -1.62. The van der Waals surface area contributed by atoms with Gasteiger partial charge in [0.25, 0.3) is 0 Å². The molecule has 0 atom stereocenters. The van der Waals surface area contributed by atoms with Crippen LogP contribution in [0.15, 0.2) is 18.2 Å². The summed E-state index contributed by atoms with van der Waals surface area (Å²) in [5, 5.41) is 0.379. The van der Waals surface area contributed by atoms with Crippen LogP contribution in [-0.4, -0.2) is 20.2 Å². The fourth-order valence-corrected chi connectivity index (χ4v) is 2.54. The quantitative estimate of drug-likeness (QED) is 0.757.